The van der Waals surface area contributed by atoms with E-state index in [4.69, 9.17) is 10.5 Å². The van der Waals surface area contributed by atoms with Gasteiger partial charge in [-0.3, -0.25) is 4.79 Å². The van der Waals surface area contributed by atoms with E-state index in [-0.39, 0.29) is 19.0 Å². The number of hydrogen-bond donors (Lipinski definition) is 2. The lowest BCUT2D eigenvalue weighted by Crippen LogP contribution is -2.58. The van der Waals surface area contributed by atoms with Crippen molar-refractivity contribution in [2.75, 3.05) is 19.8 Å². The van der Waals surface area contributed by atoms with Crippen molar-refractivity contribution < 1.29 is 18.3 Å². The van der Waals surface area contributed by atoms with Gasteiger partial charge < -0.3 is 15.8 Å². The average molecular weight is 256 g/mol. The van der Waals surface area contributed by atoms with Crippen molar-refractivity contribution in [1.29, 1.82) is 0 Å². The number of nitrogens with one attached hydrogen (secondary N) is 1. The lowest BCUT2D eigenvalue weighted by Gasteiger charge is -2.38. The second kappa shape index (κ2) is 4.99. The van der Waals surface area contributed by atoms with Crippen LogP contribution >= 0.6 is 0 Å². The summed E-state index contributed by atoms with van der Waals surface area (Å²) < 4.78 is 30.6. The summed E-state index contributed by atoms with van der Waals surface area (Å²) in [5.74, 6) is -2.06. The number of nitrogens with two attached hydrogens (primary N) is 1. The highest BCUT2D eigenvalue weighted by Gasteiger charge is 2.44. The van der Waals surface area contributed by atoms with Gasteiger partial charge in [0, 0.05) is 13.1 Å². The first-order valence-electron chi connectivity index (χ1n) is 5.57. The molecule has 98 valence electrons. The van der Waals surface area contributed by atoms with Crippen molar-refractivity contribution in [3.05, 3.63) is 35.4 Å². The lowest BCUT2D eigenvalue weighted by atomic mass is 9.85. The number of benzene rings is 1. The Hall–Kier alpha value is -1.53. The first-order chi connectivity index (χ1) is 8.57. The number of hydrogen-bond acceptors (Lipinski definition) is 3. The summed E-state index contributed by atoms with van der Waals surface area (Å²) in [4.78, 5) is 11.9. The van der Waals surface area contributed by atoms with E-state index in [9.17, 15) is 13.6 Å². The van der Waals surface area contributed by atoms with Crippen LogP contribution in [-0.2, 0) is 16.1 Å². The largest absolute Gasteiger partial charge is 0.379 e. The van der Waals surface area contributed by atoms with Crippen molar-refractivity contribution >= 4 is 5.91 Å². The van der Waals surface area contributed by atoms with Crippen LogP contribution < -0.4 is 11.1 Å². The molecule has 0 aromatic heterocycles. The number of rotatable bonds is 4. The zero-order valence-corrected chi connectivity index (χ0v) is 9.71. The third-order valence-corrected chi connectivity index (χ3v) is 3.07. The monoisotopic (exact) mass is 256 g/mol. The molecule has 0 spiro atoms. The van der Waals surface area contributed by atoms with E-state index >= 15 is 0 Å². The van der Waals surface area contributed by atoms with E-state index in [0.29, 0.717) is 18.8 Å². The van der Waals surface area contributed by atoms with Gasteiger partial charge in [0.1, 0.15) is 5.41 Å². The van der Waals surface area contributed by atoms with E-state index in [1.165, 1.54) is 6.07 Å². The van der Waals surface area contributed by atoms with Gasteiger partial charge in [0.2, 0.25) is 5.91 Å². The maximum Gasteiger partial charge on any atom is 0.232 e. The molecule has 1 aliphatic rings. The fourth-order valence-electron chi connectivity index (χ4n) is 1.71. The Kier molecular flexibility index (Phi) is 3.58. The molecule has 0 saturated carbocycles. The third-order valence-electron chi connectivity index (χ3n) is 3.07. The maximum atomic E-state index is 13.0. The lowest BCUT2D eigenvalue weighted by molar-refractivity contribution is -0.159. The second-order valence-electron chi connectivity index (χ2n) is 4.41. The van der Waals surface area contributed by atoms with Gasteiger partial charge in [-0.15, -0.1) is 0 Å². The van der Waals surface area contributed by atoms with Crippen LogP contribution in [0.1, 0.15) is 5.56 Å². The van der Waals surface area contributed by atoms with Crippen LogP contribution in [-0.4, -0.2) is 25.7 Å². The molecule has 0 atom stereocenters. The topological polar surface area (TPSA) is 64.4 Å². The van der Waals surface area contributed by atoms with Gasteiger partial charge in [-0.1, -0.05) is 6.07 Å². The Balaban J connectivity index is 1.95. The molecule has 6 heteroatoms. The van der Waals surface area contributed by atoms with E-state index in [2.05, 4.69) is 5.32 Å². The number of carbonyl (C=O) groups is 1. The first-order valence-corrected chi connectivity index (χ1v) is 5.57. The molecule has 3 N–H and O–H groups in total. The van der Waals surface area contributed by atoms with Crippen molar-refractivity contribution in [1.82, 2.24) is 5.32 Å². The molecule has 1 amide bonds. The number of carbonyl (C=O) groups excluding carboxylic acids is 1. The smallest absolute Gasteiger partial charge is 0.232 e. The standard InChI is InChI=1S/C12H14F2N2O2/c13-9-2-1-8(3-10(9)14)4-16-11(17)12(5-15)6-18-7-12/h1-3H,4-7,15H2,(H,16,17). The Labute approximate surface area is 103 Å². The molecule has 2 rings (SSSR count). The Morgan fingerprint density at radius 1 is 1.39 bits per heavy atom. The Morgan fingerprint density at radius 2 is 2.11 bits per heavy atom. The molecule has 4 nitrogen and oxygen atoms in total. The number of amides is 1. The molecule has 1 heterocycles. The number of ether oxygens (including phenoxy) is 1. The van der Waals surface area contributed by atoms with Gasteiger partial charge in [-0.2, -0.15) is 0 Å². The quantitative estimate of drug-likeness (QED) is 0.827. The van der Waals surface area contributed by atoms with Crippen molar-refractivity contribution in [3.63, 3.8) is 0 Å². The fraction of sp³-hybridized carbons (Fsp3) is 0.417. The van der Waals surface area contributed by atoms with E-state index in [0.717, 1.165) is 12.1 Å². The summed E-state index contributed by atoms with van der Waals surface area (Å²) in [6.07, 6.45) is 0. The van der Waals surface area contributed by atoms with Gasteiger partial charge in [0.15, 0.2) is 11.6 Å². The van der Waals surface area contributed by atoms with Crippen LogP contribution in [0.4, 0.5) is 8.78 Å². The molecule has 0 bridgehead atoms. The molecular weight excluding hydrogens is 242 g/mol. The van der Waals surface area contributed by atoms with Crippen LogP contribution in [0.25, 0.3) is 0 Å². The highest BCUT2D eigenvalue weighted by molar-refractivity contribution is 5.84. The highest BCUT2D eigenvalue weighted by Crippen LogP contribution is 2.26. The first kappa shape index (κ1) is 12.9. The molecule has 1 aliphatic heterocycles. The zero-order valence-electron chi connectivity index (χ0n) is 9.71. The van der Waals surface area contributed by atoms with Gasteiger partial charge in [0.05, 0.1) is 13.2 Å². The summed E-state index contributed by atoms with van der Waals surface area (Å²) in [6, 6.07) is 3.51. The van der Waals surface area contributed by atoms with Crippen molar-refractivity contribution in [2.45, 2.75) is 6.54 Å². The van der Waals surface area contributed by atoms with Crippen molar-refractivity contribution in [3.8, 4) is 0 Å². The minimum atomic E-state index is -0.928. The average Bonchev–Trinajstić information content (AvgIpc) is 2.30. The summed E-state index contributed by atoms with van der Waals surface area (Å²) in [6.45, 7) is 0.939. The van der Waals surface area contributed by atoms with Gasteiger partial charge in [-0.25, -0.2) is 8.78 Å². The van der Waals surface area contributed by atoms with E-state index in [1.807, 2.05) is 0 Å². The highest BCUT2D eigenvalue weighted by atomic mass is 19.2. The summed E-state index contributed by atoms with van der Waals surface area (Å²) in [5, 5.41) is 2.65. The second-order valence-corrected chi connectivity index (χ2v) is 4.41. The third kappa shape index (κ3) is 2.34. The molecular formula is C12H14F2N2O2. The van der Waals surface area contributed by atoms with Gasteiger partial charge in [0.25, 0.3) is 0 Å². The normalized spacial score (nSPS) is 17.1. The summed E-state index contributed by atoms with van der Waals surface area (Å²) in [7, 11) is 0. The number of halogens is 2. The minimum absolute atomic E-state index is 0.137. The molecule has 18 heavy (non-hydrogen) atoms. The zero-order chi connectivity index (χ0) is 13.2. The molecule has 1 aromatic carbocycles. The minimum Gasteiger partial charge on any atom is -0.379 e. The Bertz CT molecular complexity index is 456. The van der Waals surface area contributed by atoms with Crippen LogP contribution in [0, 0.1) is 17.0 Å². The molecule has 1 saturated heterocycles. The maximum absolute atomic E-state index is 13.0. The molecule has 0 radical (unpaired) electrons. The Morgan fingerprint density at radius 3 is 2.61 bits per heavy atom. The molecule has 0 unspecified atom stereocenters. The fourth-order valence-corrected chi connectivity index (χ4v) is 1.71. The van der Waals surface area contributed by atoms with E-state index < -0.39 is 17.0 Å². The molecule has 0 aliphatic carbocycles. The SMILES string of the molecule is NCC1(C(=O)NCc2ccc(F)c(F)c2)COC1. The van der Waals surface area contributed by atoms with Gasteiger partial charge in [-0.05, 0) is 17.7 Å². The van der Waals surface area contributed by atoms with Gasteiger partial charge >= 0.3 is 0 Å². The van der Waals surface area contributed by atoms with Crippen molar-refractivity contribution in [2.24, 2.45) is 11.1 Å². The summed E-state index contributed by atoms with van der Waals surface area (Å²) >= 11 is 0. The predicted molar refractivity (Wildman–Crippen MR) is 60.5 cm³/mol. The summed E-state index contributed by atoms with van der Waals surface area (Å²) in [5.41, 5.74) is 5.36. The molecule has 1 aromatic rings. The van der Waals surface area contributed by atoms with Crippen LogP contribution in [0.15, 0.2) is 18.2 Å². The van der Waals surface area contributed by atoms with Crippen LogP contribution in [0.5, 0.6) is 0 Å². The van der Waals surface area contributed by atoms with Crippen LogP contribution in [0.3, 0.4) is 0 Å². The van der Waals surface area contributed by atoms with Crippen LogP contribution in [0.2, 0.25) is 0 Å². The van der Waals surface area contributed by atoms with E-state index in [1.54, 1.807) is 0 Å². The molecule has 1 fully saturated rings. The predicted octanol–water partition coefficient (Wildman–Crippen LogP) is 0.556.